The summed E-state index contributed by atoms with van der Waals surface area (Å²) in [5, 5.41) is 9.91. The predicted molar refractivity (Wildman–Crippen MR) is 109 cm³/mol. The van der Waals surface area contributed by atoms with Gasteiger partial charge < -0.3 is 19.3 Å². The summed E-state index contributed by atoms with van der Waals surface area (Å²) in [5.41, 5.74) is -1.69. The van der Waals surface area contributed by atoms with Crippen LogP contribution in [0.2, 0.25) is 0 Å². The third kappa shape index (κ3) is 5.69. The summed E-state index contributed by atoms with van der Waals surface area (Å²) in [4.78, 5) is 85.2. The molecule has 2 heterocycles. The molecule has 0 spiro atoms. The van der Waals surface area contributed by atoms with Crippen molar-refractivity contribution in [2.24, 2.45) is 5.41 Å². The molecule has 0 bridgehead atoms. The number of carbonyl (C=O) groups excluding carboxylic acids is 7. The first-order valence-electron chi connectivity index (χ1n) is 9.55. The zero-order valence-corrected chi connectivity index (χ0v) is 17.7. The second kappa shape index (κ2) is 11.0. The van der Waals surface area contributed by atoms with Crippen LogP contribution in [0.1, 0.15) is 0 Å². The van der Waals surface area contributed by atoms with E-state index in [4.69, 9.17) is 14.2 Å². The van der Waals surface area contributed by atoms with E-state index in [1.54, 1.807) is 0 Å². The molecule has 1 N–H and O–H groups in total. The van der Waals surface area contributed by atoms with E-state index in [1.807, 2.05) is 0 Å². The first-order chi connectivity index (χ1) is 16.1. The lowest BCUT2D eigenvalue weighted by Crippen LogP contribution is -2.58. The molecule has 13 nitrogen and oxygen atoms in total. The molecular weight excluding hydrogens is 456 g/mol. The minimum atomic E-state index is -2.09. The van der Waals surface area contributed by atoms with E-state index in [0.29, 0.717) is 9.80 Å². The number of hydrogen-bond donors (Lipinski definition) is 1. The van der Waals surface area contributed by atoms with Crippen LogP contribution in [-0.2, 0) is 47.8 Å². The summed E-state index contributed by atoms with van der Waals surface area (Å²) in [6.45, 7) is 3.61. The summed E-state index contributed by atoms with van der Waals surface area (Å²) in [6, 6.07) is 0. The molecule has 0 fully saturated rings. The Morgan fingerprint density at radius 3 is 1.47 bits per heavy atom. The Kier molecular flexibility index (Phi) is 8.34. The maximum atomic E-state index is 13.0. The second-order valence-corrected chi connectivity index (χ2v) is 7.02. The molecule has 2 aliphatic heterocycles. The topological polar surface area (TPSA) is 174 Å². The first kappa shape index (κ1) is 25.9. The Hall–Kier alpha value is -4.39. The van der Waals surface area contributed by atoms with Gasteiger partial charge in [0, 0.05) is 36.5 Å². The fourth-order valence-corrected chi connectivity index (χ4v) is 2.76. The summed E-state index contributed by atoms with van der Waals surface area (Å²) in [7, 11) is 0. The molecule has 2 aliphatic rings. The molecule has 4 amide bonds. The van der Waals surface area contributed by atoms with Gasteiger partial charge in [-0.3, -0.25) is 19.2 Å². The van der Waals surface area contributed by atoms with Crippen LogP contribution in [0.15, 0.2) is 49.6 Å². The normalized spacial score (nSPS) is 15.2. The van der Waals surface area contributed by atoms with E-state index in [2.05, 4.69) is 13.2 Å². The van der Waals surface area contributed by atoms with E-state index in [1.165, 1.54) is 0 Å². The highest BCUT2D eigenvalue weighted by Crippen LogP contribution is 2.23. The lowest BCUT2D eigenvalue weighted by molar-refractivity contribution is -0.177. The van der Waals surface area contributed by atoms with E-state index >= 15 is 0 Å². The molecule has 0 saturated heterocycles. The number of nitrogens with zero attached hydrogens (tertiary/aromatic N) is 2. The van der Waals surface area contributed by atoms with Gasteiger partial charge in [0.2, 0.25) is 6.17 Å². The van der Waals surface area contributed by atoms with Crippen LogP contribution in [0.5, 0.6) is 0 Å². The molecule has 0 radical (unpaired) electrons. The van der Waals surface area contributed by atoms with Gasteiger partial charge in [0.15, 0.2) is 0 Å². The van der Waals surface area contributed by atoms with Crippen molar-refractivity contribution in [3.05, 3.63) is 49.6 Å². The Labute approximate surface area is 192 Å². The molecule has 0 unspecified atom stereocenters. The standard InChI is InChI=1S/C21H20N2O11/c1-3-17(29)32-10-21(9-24,11-33-18(30)4-2)12-34-20(31)19(22-13(25)5-6-14(22)26)23-15(27)7-8-16(23)28/h3-8,19,24H,1-2,9-12H2. The van der Waals surface area contributed by atoms with Gasteiger partial charge in [-0.15, -0.1) is 0 Å². The molecule has 34 heavy (non-hydrogen) atoms. The Balaban J connectivity index is 2.29. The lowest BCUT2D eigenvalue weighted by atomic mass is 9.92. The lowest BCUT2D eigenvalue weighted by Gasteiger charge is -2.33. The number of aliphatic hydroxyl groups is 1. The van der Waals surface area contributed by atoms with Crippen LogP contribution >= 0.6 is 0 Å². The highest BCUT2D eigenvalue weighted by atomic mass is 16.6. The molecule has 0 aromatic heterocycles. The summed E-state index contributed by atoms with van der Waals surface area (Å²) < 4.78 is 14.9. The zero-order chi connectivity index (χ0) is 25.5. The van der Waals surface area contributed by atoms with Gasteiger partial charge in [0.25, 0.3) is 23.6 Å². The monoisotopic (exact) mass is 476 g/mol. The third-order valence-corrected chi connectivity index (χ3v) is 4.62. The van der Waals surface area contributed by atoms with Crippen LogP contribution in [0.25, 0.3) is 0 Å². The predicted octanol–water partition coefficient (Wildman–Crippen LogP) is -1.86. The van der Waals surface area contributed by atoms with Crippen molar-refractivity contribution in [1.29, 1.82) is 0 Å². The number of ether oxygens (including phenoxy) is 3. The Morgan fingerprint density at radius 2 is 1.15 bits per heavy atom. The number of carbonyl (C=O) groups is 7. The van der Waals surface area contributed by atoms with Gasteiger partial charge in [-0.1, -0.05) is 13.2 Å². The first-order valence-corrected chi connectivity index (χ1v) is 9.55. The zero-order valence-electron chi connectivity index (χ0n) is 17.7. The molecule has 180 valence electrons. The van der Waals surface area contributed by atoms with Gasteiger partial charge in [0.1, 0.15) is 19.8 Å². The number of hydrogen-bond acceptors (Lipinski definition) is 11. The molecule has 0 aliphatic carbocycles. The van der Waals surface area contributed by atoms with Crippen molar-refractivity contribution in [2.45, 2.75) is 6.17 Å². The summed E-state index contributed by atoms with van der Waals surface area (Å²) in [5.74, 6) is -7.09. The van der Waals surface area contributed by atoms with Crippen LogP contribution in [0.4, 0.5) is 0 Å². The van der Waals surface area contributed by atoms with Crippen LogP contribution in [0, 0.1) is 5.41 Å². The molecule has 0 aromatic rings. The maximum Gasteiger partial charge on any atom is 0.351 e. The highest BCUT2D eigenvalue weighted by Gasteiger charge is 2.47. The van der Waals surface area contributed by atoms with Crippen LogP contribution < -0.4 is 0 Å². The van der Waals surface area contributed by atoms with E-state index in [0.717, 1.165) is 36.5 Å². The maximum absolute atomic E-state index is 13.0. The SMILES string of the molecule is C=CC(=O)OCC(CO)(COC(=O)C=C)COC(=O)C(N1C(=O)C=CC1=O)N1C(=O)C=CC1=O. The van der Waals surface area contributed by atoms with Gasteiger partial charge in [-0.25, -0.2) is 24.2 Å². The van der Waals surface area contributed by atoms with Crippen LogP contribution in [-0.4, -0.2) is 89.0 Å². The highest BCUT2D eigenvalue weighted by molar-refractivity contribution is 6.19. The van der Waals surface area contributed by atoms with Gasteiger partial charge in [-0.05, 0) is 0 Å². The van der Waals surface area contributed by atoms with Gasteiger partial charge >= 0.3 is 17.9 Å². The van der Waals surface area contributed by atoms with Crippen molar-refractivity contribution in [3.8, 4) is 0 Å². The van der Waals surface area contributed by atoms with Gasteiger partial charge in [-0.2, -0.15) is 0 Å². The molecule has 0 atom stereocenters. The second-order valence-electron chi connectivity index (χ2n) is 7.02. The smallest absolute Gasteiger partial charge is 0.351 e. The number of aliphatic hydroxyl groups excluding tert-OH is 1. The Bertz CT molecular complexity index is 908. The number of imide groups is 2. The Morgan fingerprint density at radius 1 is 0.794 bits per heavy atom. The van der Waals surface area contributed by atoms with E-state index in [9.17, 15) is 38.7 Å². The number of rotatable bonds is 12. The van der Waals surface area contributed by atoms with Crippen molar-refractivity contribution >= 4 is 41.5 Å². The fourth-order valence-electron chi connectivity index (χ4n) is 2.76. The summed E-state index contributed by atoms with van der Waals surface area (Å²) >= 11 is 0. The average Bonchev–Trinajstić information content (AvgIpc) is 3.34. The minimum absolute atomic E-state index is 0.348. The molecule has 0 aromatic carbocycles. The minimum Gasteiger partial charge on any atom is -0.462 e. The quantitative estimate of drug-likeness (QED) is 0.145. The van der Waals surface area contributed by atoms with Gasteiger partial charge in [0.05, 0.1) is 12.0 Å². The third-order valence-electron chi connectivity index (χ3n) is 4.62. The van der Waals surface area contributed by atoms with Crippen molar-refractivity contribution < 1.29 is 52.9 Å². The number of amides is 4. The largest absolute Gasteiger partial charge is 0.462 e. The average molecular weight is 476 g/mol. The van der Waals surface area contributed by atoms with E-state index in [-0.39, 0.29) is 0 Å². The summed E-state index contributed by atoms with van der Waals surface area (Å²) in [6.07, 6.45) is 2.91. The van der Waals surface area contributed by atoms with Crippen LogP contribution in [0.3, 0.4) is 0 Å². The molecular formula is C21H20N2O11. The fraction of sp³-hybridized carbons (Fsp3) is 0.286. The van der Waals surface area contributed by atoms with E-state index < -0.39 is 79.5 Å². The van der Waals surface area contributed by atoms with Crippen molar-refractivity contribution in [3.63, 3.8) is 0 Å². The van der Waals surface area contributed by atoms with Crippen molar-refractivity contribution in [1.82, 2.24) is 9.80 Å². The molecule has 13 heteroatoms. The van der Waals surface area contributed by atoms with Crippen molar-refractivity contribution in [2.75, 3.05) is 26.4 Å². The number of esters is 3. The molecule has 0 saturated carbocycles. The molecule has 2 rings (SSSR count).